The normalized spacial score (nSPS) is 12.5. The molecule has 0 spiro atoms. The van der Waals surface area contributed by atoms with Crippen molar-refractivity contribution >= 4 is 21.9 Å². The molecule has 9 heteroatoms. The molecule has 134 valence electrons. The zero-order chi connectivity index (χ0) is 18.2. The molecule has 0 unspecified atom stereocenters. The number of carbonyl (C=O) groups is 2. The Kier molecular flexibility index (Phi) is 7.83. The zero-order valence-corrected chi connectivity index (χ0v) is 14.7. The summed E-state index contributed by atoms with van der Waals surface area (Å²) in [6.07, 6.45) is 0. The molecular weight excluding hydrogens is 336 g/mol. The van der Waals surface area contributed by atoms with Crippen LogP contribution < -0.4 is 10.0 Å². The van der Waals surface area contributed by atoms with Crippen molar-refractivity contribution in [2.45, 2.75) is 24.8 Å². The van der Waals surface area contributed by atoms with Gasteiger partial charge in [-0.2, -0.15) is 4.72 Å². The molecule has 0 aliphatic carbocycles. The van der Waals surface area contributed by atoms with Crippen LogP contribution in [0.25, 0.3) is 0 Å². The number of esters is 1. The molecule has 0 fully saturated rings. The first-order valence-electron chi connectivity index (χ1n) is 7.27. The molecule has 0 saturated heterocycles. The van der Waals surface area contributed by atoms with Gasteiger partial charge in [-0.3, -0.25) is 9.59 Å². The largest absolute Gasteiger partial charge is 0.454 e. The van der Waals surface area contributed by atoms with Crippen molar-refractivity contribution in [3.63, 3.8) is 0 Å². The lowest BCUT2D eigenvalue weighted by Crippen LogP contribution is -2.41. The molecule has 1 rings (SSSR count). The van der Waals surface area contributed by atoms with Gasteiger partial charge in [0.1, 0.15) is 6.04 Å². The summed E-state index contributed by atoms with van der Waals surface area (Å²) in [6, 6.07) is 5.07. The summed E-state index contributed by atoms with van der Waals surface area (Å²) in [5.74, 6) is -1.33. The number of aryl methyl sites for hydroxylation is 1. The van der Waals surface area contributed by atoms with Crippen molar-refractivity contribution in [1.29, 1.82) is 0 Å². The molecule has 1 aromatic rings. The van der Waals surface area contributed by atoms with E-state index in [1.165, 1.54) is 26.2 Å². The number of hydrogen-bond acceptors (Lipinski definition) is 6. The third-order valence-corrected chi connectivity index (χ3v) is 4.55. The van der Waals surface area contributed by atoms with Crippen LogP contribution in [0, 0.1) is 6.92 Å². The average Bonchev–Trinajstić information content (AvgIpc) is 2.52. The van der Waals surface area contributed by atoms with Crippen molar-refractivity contribution in [3.05, 3.63) is 29.8 Å². The molecule has 1 aromatic carbocycles. The second-order valence-electron chi connectivity index (χ2n) is 5.11. The fraction of sp³-hybridized carbons (Fsp3) is 0.467. The van der Waals surface area contributed by atoms with Crippen molar-refractivity contribution in [1.82, 2.24) is 10.0 Å². The van der Waals surface area contributed by atoms with Gasteiger partial charge >= 0.3 is 5.97 Å². The molecule has 0 heterocycles. The van der Waals surface area contributed by atoms with Gasteiger partial charge in [-0.15, -0.1) is 0 Å². The van der Waals surface area contributed by atoms with Crippen molar-refractivity contribution in [2.75, 3.05) is 26.9 Å². The minimum atomic E-state index is -3.85. The highest BCUT2D eigenvalue weighted by Crippen LogP contribution is 2.10. The van der Waals surface area contributed by atoms with Gasteiger partial charge in [0.05, 0.1) is 11.5 Å². The van der Waals surface area contributed by atoms with E-state index in [0.717, 1.165) is 5.56 Å². The van der Waals surface area contributed by atoms with E-state index in [0.29, 0.717) is 13.2 Å². The third kappa shape index (κ3) is 6.65. The molecule has 0 aliphatic heterocycles. The van der Waals surface area contributed by atoms with Crippen LogP contribution >= 0.6 is 0 Å². The SMILES string of the molecule is COCCNC(=O)COC(=O)[C@H](C)NS(=O)(=O)c1ccc(C)cc1. The van der Waals surface area contributed by atoms with Crippen molar-refractivity contribution < 1.29 is 27.5 Å². The molecule has 8 nitrogen and oxygen atoms in total. The Hall–Kier alpha value is -1.97. The number of benzene rings is 1. The van der Waals surface area contributed by atoms with E-state index in [1.54, 1.807) is 12.1 Å². The maximum Gasteiger partial charge on any atom is 0.324 e. The van der Waals surface area contributed by atoms with Gasteiger partial charge < -0.3 is 14.8 Å². The molecule has 0 saturated carbocycles. The molecule has 24 heavy (non-hydrogen) atoms. The van der Waals surface area contributed by atoms with Gasteiger partial charge in [0.25, 0.3) is 5.91 Å². The molecule has 0 bridgehead atoms. The minimum absolute atomic E-state index is 0.0464. The molecule has 1 amide bonds. The standard InChI is InChI=1S/C15H22N2O6S/c1-11-4-6-13(7-5-11)24(20,21)17-12(2)15(19)23-10-14(18)16-8-9-22-3/h4-7,12,17H,8-10H2,1-3H3,(H,16,18)/t12-/m0/s1. The Bertz CT molecular complexity index is 657. The van der Waals surface area contributed by atoms with E-state index in [9.17, 15) is 18.0 Å². The lowest BCUT2D eigenvalue weighted by molar-refractivity contribution is -0.149. The predicted octanol–water partition coefficient (Wildman–Crippen LogP) is -0.0324. The monoisotopic (exact) mass is 358 g/mol. The number of sulfonamides is 1. The van der Waals surface area contributed by atoms with E-state index >= 15 is 0 Å². The van der Waals surface area contributed by atoms with Crippen LogP contribution in [0.2, 0.25) is 0 Å². The Labute approximate surface area is 141 Å². The Morgan fingerprint density at radius 3 is 2.42 bits per heavy atom. The van der Waals surface area contributed by atoms with Gasteiger partial charge in [-0.05, 0) is 26.0 Å². The van der Waals surface area contributed by atoms with E-state index in [2.05, 4.69) is 10.0 Å². The highest BCUT2D eigenvalue weighted by atomic mass is 32.2. The quantitative estimate of drug-likeness (QED) is 0.474. The first-order valence-corrected chi connectivity index (χ1v) is 8.76. The van der Waals surface area contributed by atoms with Crippen LogP contribution in [-0.4, -0.2) is 53.2 Å². The fourth-order valence-electron chi connectivity index (χ4n) is 1.67. The van der Waals surface area contributed by atoms with Crippen LogP contribution in [0.1, 0.15) is 12.5 Å². The molecule has 2 N–H and O–H groups in total. The number of nitrogens with one attached hydrogen (secondary N) is 2. The number of amides is 1. The topological polar surface area (TPSA) is 111 Å². The maximum absolute atomic E-state index is 12.2. The number of ether oxygens (including phenoxy) is 2. The molecule has 0 radical (unpaired) electrons. The molecule has 0 aromatic heterocycles. The molecular formula is C15H22N2O6S. The summed E-state index contributed by atoms with van der Waals surface area (Å²) in [7, 11) is -2.35. The Balaban J connectivity index is 2.51. The summed E-state index contributed by atoms with van der Waals surface area (Å²) in [6.45, 7) is 3.33. The summed E-state index contributed by atoms with van der Waals surface area (Å²) in [4.78, 5) is 23.2. The Morgan fingerprint density at radius 1 is 1.21 bits per heavy atom. The number of methoxy groups -OCH3 is 1. The summed E-state index contributed by atoms with van der Waals surface area (Å²) in [5, 5.41) is 2.48. The highest BCUT2D eigenvalue weighted by molar-refractivity contribution is 7.89. The van der Waals surface area contributed by atoms with Crippen LogP contribution in [0.5, 0.6) is 0 Å². The van der Waals surface area contributed by atoms with Gasteiger partial charge in [-0.1, -0.05) is 17.7 Å². The summed E-state index contributed by atoms with van der Waals surface area (Å²) < 4.78 is 36.1. The fourth-order valence-corrected chi connectivity index (χ4v) is 2.86. The van der Waals surface area contributed by atoms with Crippen LogP contribution in [0.3, 0.4) is 0 Å². The minimum Gasteiger partial charge on any atom is -0.454 e. The number of carbonyl (C=O) groups excluding carboxylic acids is 2. The lowest BCUT2D eigenvalue weighted by atomic mass is 10.2. The van der Waals surface area contributed by atoms with Crippen LogP contribution in [0.15, 0.2) is 29.2 Å². The van der Waals surface area contributed by atoms with Gasteiger partial charge in [0.15, 0.2) is 6.61 Å². The lowest BCUT2D eigenvalue weighted by Gasteiger charge is -2.14. The van der Waals surface area contributed by atoms with Gasteiger partial charge in [-0.25, -0.2) is 8.42 Å². The smallest absolute Gasteiger partial charge is 0.324 e. The second kappa shape index (κ2) is 9.36. The van der Waals surface area contributed by atoms with Crippen molar-refractivity contribution in [2.24, 2.45) is 0 Å². The summed E-state index contributed by atoms with van der Waals surface area (Å²) in [5.41, 5.74) is 0.917. The zero-order valence-electron chi connectivity index (χ0n) is 13.9. The van der Waals surface area contributed by atoms with E-state index in [1.807, 2.05) is 6.92 Å². The highest BCUT2D eigenvalue weighted by Gasteiger charge is 2.23. The average molecular weight is 358 g/mol. The third-order valence-electron chi connectivity index (χ3n) is 2.99. The van der Waals surface area contributed by atoms with Gasteiger partial charge in [0.2, 0.25) is 10.0 Å². The first-order chi connectivity index (χ1) is 11.3. The van der Waals surface area contributed by atoms with Gasteiger partial charge in [0, 0.05) is 13.7 Å². The van der Waals surface area contributed by atoms with E-state index in [-0.39, 0.29) is 4.90 Å². The van der Waals surface area contributed by atoms with Crippen LogP contribution in [0.4, 0.5) is 0 Å². The van der Waals surface area contributed by atoms with Crippen LogP contribution in [-0.2, 0) is 29.1 Å². The first kappa shape index (κ1) is 20.1. The van der Waals surface area contributed by atoms with E-state index < -0.39 is 34.5 Å². The maximum atomic E-state index is 12.2. The number of hydrogen-bond donors (Lipinski definition) is 2. The van der Waals surface area contributed by atoms with E-state index in [4.69, 9.17) is 9.47 Å². The van der Waals surface area contributed by atoms with Crippen molar-refractivity contribution in [3.8, 4) is 0 Å². The second-order valence-corrected chi connectivity index (χ2v) is 6.82. The molecule has 1 atom stereocenters. The molecule has 0 aliphatic rings. The summed E-state index contributed by atoms with van der Waals surface area (Å²) >= 11 is 0. The predicted molar refractivity (Wildman–Crippen MR) is 86.8 cm³/mol. The Morgan fingerprint density at radius 2 is 1.83 bits per heavy atom. The number of rotatable bonds is 9.